The molecule has 8 heteroatoms. The van der Waals surface area contributed by atoms with E-state index < -0.39 is 10.0 Å². The average Bonchev–Trinajstić information content (AvgIpc) is 2.60. The largest absolute Gasteiger partial charge is 0.326 e. The van der Waals surface area contributed by atoms with Crippen LogP contribution >= 0.6 is 23.2 Å². The Kier molecular flexibility index (Phi) is 5.72. The van der Waals surface area contributed by atoms with Crippen LogP contribution in [0.3, 0.4) is 0 Å². The fraction of sp³-hybridized carbons (Fsp3) is 0.105. The Balaban J connectivity index is 1.96. The van der Waals surface area contributed by atoms with E-state index in [1.165, 1.54) is 13.0 Å². The monoisotopic (exact) mass is 422 g/mol. The molecule has 3 aromatic carbocycles. The van der Waals surface area contributed by atoms with Crippen molar-refractivity contribution in [2.75, 3.05) is 5.32 Å². The van der Waals surface area contributed by atoms with Gasteiger partial charge in [0, 0.05) is 40.0 Å². The Morgan fingerprint density at radius 1 is 1.00 bits per heavy atom. The maximum Gasteiger partial charge on any atom is 0.241 e. The van der Waals surface area contributed by atoms with E-state index in [9.17, 15) is 13.2 Å². The molecule has 3 rings (SSSR count). The van der Waals surface area contributed by atoms with Gasteiger partial charge in [0.25, 0.3) is 0 Å². The summed E-state index contributed by atoms with van der Waals surface area (Å²) in [6.07, 6.45) is 0. The molecule has 0 bridgehead atoms. The third-order valence-electron chi connectivity index (χ3n) is 3.95. The van der Waals surface area contributed by atoms with Crippen LogP contribution in [0.15, 0.2) is 59.5 Å². The molecular formula is C19H16Cl2N2O3S. The second-order valence-corrected chi connectivity index (χ2v) is 8.48. The maximum atomic E-state index is 12.9. The maximum absolute atomic E-state index is 12.9. The van der Waals surface area contributed by atoms with Gasteiger partial charge in [-0.15, -0.1) is 0 Å². The summed E-state index contributed by atoms with van der Waals surface area (Å²) in [5.74, 6) is -0.230. The van der Waals surface area contributed by atoms with Crippen LogP contribution in [0.5, 0.6) is 0 Å². The molecule has 0 aromatic heterocycles. The fourth-order valence-electron chi connectivity index (χ4n) is 2.73. The lowest BCUT2D eigenvalue weighted by molar-refractivity contribution is -0.114. The molecule has 0 saturated heterocycles. The van der Waals surface area contributed by atoms with E-state index in [0.717, 1.165) is 0 Å². The van der Waals surface area contributed by atoms with Crippen LogP contribution in [0.2, 0.25) is 10.0 Å². The van der Waals surface area contributed by atoms with Crippen LogP contribution in [0, 0.1) is 0 Å². The number of rotatable bonds is 5. The number of nitrogens with one attached hydrogen (secondary N) is 2. The van der Waals surface area contributed by atoms with Gasteiger partial charge in [-0.05, 0) is 29.8 Å². The number of hydrogen-bond acceptors (Lipinski definition) is 3. The highest BCUT2D eigenvalue weighted by atomic mass is 35.5. The Bertz CT molecular complexity index is 1130. The lowest BCUT2D eigenvalue weighted by atomic mass is 10.1. The van der Waals surface area contributed by atoms with Crippen molar-refractivity contribution in [3.8, 4) is 0 Å². The van der Waals surface area contributed by atoms with Crippen molar-refractivity contribution in [1.29, 1.82) is 0 Å². The van der Waals surface area contributed by atoms with Crippen molar-refractivity contribution in [3.63, 3.8) is 0 Å². The summed E-state index contributed by atoms with van der Waals surface area (Å²) < 4.78 is 28.3. The molecule has 0 aliphatic carbocycles. The second-order valence-electron chi connectivity index (χ2n) is 5.90. The van der Waals surface area contributed by atoms with Gasteiger partial charge in [0.15, 0.2) is 0 Å². The zero-order valence-corrected chi connectivity index (χ0v) is 16.6. The van der Waals surface area contributed by atoms with E-state index in [2.05, 4.69) is 10.0 Å². The van der Waals surface area contributed by atoms with Crippen LogP contribution < -0.4 is 10.0 Å². The first-order chi connectivity index (χ1) is 12.8. The van der Waals surface area contributed by atoms with Crippen molar-refractivity contribution in [2.24, 2.45) is 0 Å². The summed E-state index contributed by atoms with van der Waals surface area (Å²) in [6.45, 7) is 1.43. The topological polar surface area (TPSA) is 75.3 Å². The van der Waals surface area contributed by atoms with E-state index in [1.807, 2.05) is 0 Å². The minimum Gasteiger partial charge on any atom is -0.326 e. The van der Waals surface area contributed by atoms with Crippen molar-refractivity contribution in [2.45, 2.75) is 18.4 Å². The molecule has 0 fully saturated rings. The first kappa shape index (κ1) is 19.6. The molecule has 0 spiro atoms. The van der Waals surface area contributed by atoms with Gasteiger partial charge >= 0.3 is 0 Å². The molecule has 0 aliphatic rings. The van der Waals surface area contributed by atoms with Gasteiger partial charge in [-0.1, -0.05) is 53.5 Å². The number of anilines is 1. The molecule has 0 aliphatic heterocycles. The van der Waals surface area contributed by atoms with Crippen molar-refractivity contribution < 1.29 is 13.2 Å². The number of halogens is 2. The number of benzene rings is 3. The molecule has 0 heterocycles. The number of carbonyl (C=O) groups excluding carboxylic acids is 1. The molecule has 0 radical (unpaired) electrons. The first-order valence-electron chi connectivity index (χ1n) is 8.01. The van der Waals surface area contributed by atoms with Crippen molar-refractivity contribution in [3.05, 3.63) is 70.2 Å². The number of carbonyl (C=O) groups is 1. The van der Waals surface area contributed by atoms with E-state index in [0.29, 0.717) is 32.1 Å². The smallest absolute Gasteiger partial charge is 0.241 e. The number of fused-ring (bicyclic) bond motifs is 1. The predicted octanol–water partition coefficient (Wildman–Crippen LogP) is 4.58. The highest BCUT2D eigenvalue weighted by Crippen LogP contribution is 2.29. The summed E-state index contributed by atoms with van der Waals surface area (Å²) in [5.41, 5.74) is 1.17. The van der Waals surface area contributed by atoms with Crippen LogP contribution in [0.25, 0.3) is 10.8 Å². The van der Waals surface area contributed by atoms with Gasteiger partial charge in [-0.3, -0.25) is 4.79 Å². The zero-order chi connectivity index (χ0) is 19.6. The van der Waals surface area contributed by atoms with Gasteiger partial charge in [0.1, 0.15) is 0 Å². The number of sulfonamides is 1. The lowest BCUT2D eigenvalue weighted by Crippen LogP contribution is -2.23. The lowest BCUT2D eigenvalue weighted by Gasteiger charge is -2.13. The van der Waals surface area contributed by atoms with Crippen LogP contribution in [0.4, 0.5) is 5.69 Å². The molecule has 2 N–H and O–H groups in total. The molecule has 0 saturated carbocycles. The Hall–Kier alpha value is -2.12. The average molecular weight is 423 g/mol. The Labute approximate surface area is 167 Å². The molecule has 27 heavy (non-hydrogen) atoms. The minimum absolute atomic E-state index is 0.0279. The Morgan fingerprint density at radius 2 is 1.70 bits per heavy atom. The molecule has 0 atom stereocenters. The first-order valence-corrected chi connectivity index (χ1v) is 10.2. The normalized spacial score (nSPS) is 11.5. The van der Waals surface area contributed by atoms with Gasteiger partial charge < -0.3 is 5.32 Å². The molecule has 140 valence electrons. The third kappa shape index (κ3) is 4.42. The second kappa shape index (κ2) is 7.86. The van der Waals surface area contributed by atoms with Gasteiger partial charge in [0.2, 0.25) is 15.9 Å². The third-order valence-corrected chi connectivity index (χ3v) is 6.00. The molecular weight excluding hydrogens is 407 g/mol. The van der Waals surface area contributed by atoms with Crippen molar-refractivity contribution in [1.82, 2.24) is 4.72 Å². The van der Waals surface area contributed by atoms with Crippen LogP contribution in [-0.2, 0) is 21.4 Å². The molecule has 3 aromatic rings. The highest BCUT2D eigenvalue weighted by Gasteiger charge is 2.18. The van der Waals surface area contributed by atoms with E-state index in [1.54, 1.807) is 48.5 Å². The minimum atomic E-state index is -3.81. The van der Waals surface area contributed by atoms with E-state index in [4.69, 9.17) is 23.2 Å². The SMILES string of the molecule is CC(=O)Nc1cccc2c(S(=O)(=O)NCc3ccc(Cl)cc3Cl)cccc12. The van der Waals surface area contributed by atoms with Crippen LogP contribution in [-0.4, -0.2) is 14.3 Å². The quantitative estimate of drug-likeness (QED) is 0.631. The van der Waals surface area contributed by atoms with Gasteiger partial charge in [-0.25, -0.2) is 13.1 Å². The zero-order valence-electron chi connectivity index (χ0n) is 14.3. The Morgan fingerprint density at radius 3 is 2.41 bits per heavy atom. The summed E-state index contributed by atoms with van der Waals surface area (Å²) in [6, 6.07) is 14.9. The van der Waals surface area contributed by atoms with Gasteiger partial charge in [0.05, 0.1) is 4.90 Å². The summed E-state index contributed by atoms with van der Waals surface area (Å²) in [7, 11) is -3.81. The summed E-state index contributed by atoms with van der Waals surface area (Å²) in [5, 5.41) is 4.73. The number of amides is 1. The molecule has 5 nitrogen and oxygen atoms in total. The van der Waals surface area contributed by atoms with E-state index in [-0.39, 0.29) is 17.3 Å². The molecule has 0 unspecified atom stereocenters. The molecule has 1 amide bonds. The number of hydrogen-bond donors (Lipinski definition) is 2. The van der Waals surface area contributed by atoms with Crippen molar-refractivity contribution >= 4 is 55.6 Å². The van der Waals surface area contributed by atoms with E-state index >= 15 is 0 Å². The standard InChI is InChI=1S/C19H16Cl2N2O3S/c1-12(24)23-18-6-2-5-16-15(18)4-3-7-19(16)27(25,26)22-11-13-8-9-14(20)10-17(13)21/h2-10,22H,11H2,1H3,(H,23,24). The van der Waals surface area contributed by atoms with Crippen LogP contribution in [0.1, 0.15) is 12.5 Å². The summed E-state index contributed by atoms with van der Waals surface area (Å²) in [4.78, 5) is 11.5. The summed E-state index contributed by atoms with van der Waals surface area (Å²) >= 11 is 12.0. The predicted molar refractivity (Wildman–Crippen MR) is 109 cm³/mol. The highest BCUT2D eigenvalue weighted by molar-refractivity contribution is 7.89. The fourth-order valence-corrected chi connectivity index (χ4v) is 4.43. The van der Waals surface area contributed by atoms with Gasteiger partial charge in [-0.2, -0.15) is 0 Å².